The van der Waals surface area contributed by atoms with Crippen molar-refractivity contribution in [1.82, 2.24) is 5.32 Å². The SMILES string of the molecule is COc1cc(CNCC(C)(C)C(C)C)c(SC)cc1OC. The van der Waals surface area contributed by atoms with E-state index in [1.807, 2.05) is 6.07 Å². The van der Waals surface area contributed by atoms with Gasteiger partial charge in [0.05, 0.1) is 14.2 Å². The smallest absolute Gasteiger partial charge is 0.161 e. The molecule has 3 nitrogen and oxygen atoms in total. The highest BCUT2D eigenvalue weighted by Gasteiger charge is 2.21. The number of hydrogen-bond donors (Lipinski definition) is 1. The molecule has 4 heteroatoms. The van der Waals surface area contributed by atoms with Crippen molar-refractivity contribution in [2.75, 3.05) is 27.0 Å². The van der Waals surface area contributed by atoms with Gasteiger partial charge in [-0.2, -0.15) is 0 Å². The third-order valence-electron chi connectivity index (χ3n) is 4.25. The van der Waals surface area contributed by atoms with Gasteiger partial charge in [0.2, 0.25) is 0 Å². The van der Waals surface area contributed by atoms with Crippen LogP contribution in [0.1, 0.15) is 33.3 Å². The van der Waals surface area contributed by atoms with Crippen molar-refractivity contribution in [2.24, 2.45) is 11.3 Å². The van der Waals surface area contributed by atoms with E-state index in [-0.39, 0.29) is 5.41 Å². The molecule has 0 amide bonds. The minimum atomic E-state index is 0.288. The van der Waals surface area contributed by atoms with Crippen molar-refractivity contribution in [2.45, 2.75) is 39.1 Å². The van der Waals surface area contributed by atoms with Gasteiger partial charge in [-0.05, 0) is 35.3 Å². The maximum atomic E-state index is 5.40. The maximum absolute atomic E-state index is 5.40. The van der Waals surface area contributed by atoms with Gasteiger partial charge in [-0.15, -0.1) is 11.8 Å². The summed E-state index contributed by atoms with van der Waals surface area (Å²) in [4.78, 5) is 1.22. The minimum absolute atomic E-state index is 0.288. The van der Waals surface area contributed by atoms with E-state index >= 15 is 0 Å². The molecule has 21 heavy (non-hydrogen) atoms. The quantitative estimate of drug-likeness (QED) is 0.729. The van der Waals surface area contributed by atoms with Gasteiger partial charge in [-0.25, -0.2) is 0 Å². The summed E-state index contributed by atoms with van der Waals surface area (Å²) in [6.45, 7) is 11.0. The summed E-state index contributed by atoms with van der Waals surface area (Å²) >= 11 is 1.73. The van der Waals surface area contributed by atoms with Crippen molar-refractivity contribution in [1.29, 1.82) is 0 Å². The first-order valence-electron chi connectivity index (χ1n) is 7.35. The highest BCUT2D eigenvalue weighted by Crippen LogP contribution is 2.34. The van der Waals surface area contributed by atoms with Crippen molar-refractivity contribution in [3.8, 4) is 11.5 Å². The summed E-state index contributed by atoms with van der Waals surface area (Å²) in [6, 6.07) is 4.12. The van der Waals surface area contributed by atoms with Crippen LogP contribution in [0.4, 0.5) is 0 Å². The normalized spacial score (nSPS) is 11.8. The van der Waals surface area contributed by atoms with Crippen molar-refractivity contribution in [3.63, 3.8) is 0 Å². The molecular weight excluding hydrogens is 282 g/mol. The van der Waals surface area contributed by atoms with E-state index in [1.54, 1.807) is 26.0 Å². The topological polar surface area (TPSA) is 30.5 Å². The fourth-order valence-electron chi connectivity index (χ4n) is 1.95. The summed E-state index contributed by atoms with van der Waals surface area (Å²) in [5.41, 5.74) is 1.54. The zero-order chi connectivity index (χ0) is 16.0. The number of methoxy groups -OCH3 is 2. The Morgan fingerprint density at radius 2 is 1.71 bits per heavy atom. The second-order valence-electron chi connectivity index (χ2n) is 6.27. The molecule has 1 rings (SSSR count). The fraction of sp³-hybridized carbons (Fsp3) is 0.647. The van der Waals surface area contributed by atoms with Crippen LogP contribution in [0.5, 0.6) is 11.5 Å². The maximum Gasteiger partial charge on any atom is 0.161 e. The Bertz CT molecular complexity index is 458. The minimum Gasteiger partial charge on any atom is -0.493 e. The Kier molecular flexibility index (Phi) is 6.88. The van der Waals surface area contributed by atoms with Gasteiger partial charge in [-0.3, -0.25) is 0 Å². The summed E-state index contributed by atoms with van der Waals surface area (Å²) in [5, 5.41) is 3.58. The Morgan fingerprint density at radius 3 is 2.19 bits per heavy atom. The molecule has 0 aliphatic rings. The lowest BCUT2D eigenvalue weighted by Crippen LogP contribution is -2.33. The number of nitrogens with one attached hydrogen (secondary N) is 1. The molecule has 0 bridgehead atoms. The van der Waals surface area contributed by atoms with Crippen LogP contribution in [0.15, 0.2) is 17.0 Å². The van der Waals surface area contributed by atoms with Crippen LogP contribution >= 0.6 is 11.8 Å². The number of thioether (sulfide) groups is 1. The zero-order valence-electron chi connectivity index (χ0n) is 14.4. The number of ether oxygens (including phenoxy) is 2. The first kappa shape index (κ1) is 18.2. The molecule has 0 unspecified atom stereocenters. The first-order chi connectivity index (χ1) is 9.85. The van der Waals surface area contributed by atoms with E-state index in [9.17, 15) is 0 Å². The second kappa shape index (κ2) is 7.95. The Hall–Kier alpha value is -0.870. The van der Waals surface area contributed by atoms with Crippen LogP contribution in [-0.2, 0) is 6.54 Å². The third-order valence-corrected chi connectivity index (χ3v) is 5.07. The lowest BCUT2D eigenvalue weighted by molar-refractivity contribution is 0.237. The van der Waals surface area contributed by atoms with Crippen LogP contribution in [0.3, 0.4) is 0 Å². The van der Waals surface area contributed by atoms with Crippen molar-refractivity contribution >= 4 is 11.8 Å². The summed E-state index contributed by atoms with van der Waals surface area (Å²) in [7, 11) is 3.35. The monoisotopic (exact) mass is 311 g/mol. The van der Waals surface area contributed by atoms with E-state index in [1.165, 1.54) is 10.5 Å². The number of hydrogen-bond acceptors (Lipinski definition) is 4. The molecule has 0 aromatic heterocycles. The third kappa shape index (κ3) is 4.82. The van der Waals surface area contributed by atoms with Crippen LogP contribution in [0.2, 0.25) is 0 Å². The van der Waals surface area contributed by atoms with Gasteiger partial charge >= 0.3 is 0 Å². The molecular formula is C17H29NO2S. The molecule has 0 aliphatic carbocycles. The number of rotatable bonds is 8. The Morgan fingerprint density at radius 1 is 1.14 bits per heavy atom. The lowest BCUT2D eigenvalue weighted by atomic mass is 9.81. The standard InChI is InChI=1S/C17H29NO2S/c1-12(2)17(3,4)11-18-10-13-8-14(19-5)15(20-6)9-16(13)21-7/h8-9,12,18H,10-11H2,1-7H3. The zero-order valence-corrected chi connectivity index (χ0v) is 15.2. The molecule has 120 valence electrons. The fourth-order valence-corrected chi connectivity index (χ4v) is 2.57. The van der Waals surface area contributed by atoms with E-state index in [0.29, 0.717) is 5.92 Å². The summed E-state index contributed by atoms with van der Waals surface area (Å²) < 4.78 is 10.8. The molecule has 1 aromatic carbocycles. The van der Waals surface area contributed by atoms with Crippen LogP contribution < -0.4 is 14.8 Å². The van der Waals surface area contributed by atoms with Crippen molar-refractivity contribution in [3.05, 3.63) is 17.7 Å². The lowest BCUT2D eigenvalue weighted by Gasteiger charge is -2.29. The number of benzene rings is 1. The Labute approximate surface area is 133 Å². The molecule has 0 heterocycles. The van der Waals surface area contributed by atoms with Gasteiger partial charge in [0.1, 0.15) is 0 Å². The molecule has 1 aromatic rings. The second-order valence-corrected chi connectivity index (χ2v) is 7.11. The highest BCUT2D eigenvalue weighted by molar-refractivity contribution is 7.98. The molecule has 0 spiro atoms. The Balaban J connectivity index is 2.83. The van der Waals surface area contributed by atoms with Gasteiger partial charge < -0.3 is 14.8 Å². The predicted molar refractivity (Wildman–Crippen MR) is 91.7 cm³/mol. The predicted octanol–water partition coefficient (Wildman–Crippen LogP) is 4.20. The summed E-state index contributed by atoms with van der Waals surface area (Å²) in [5.74, 6) is 2.22. The van der Waals surface area contributed by atoms with Crippen LogP contribution in [0.25, 0.3) is 0 Å². The van der Waals surface area contributed by atoms with E-state index in [2.05, 4.69) is 45.3 Å². The average Bonchev–Trinajstić information content (AvgIpc) is 2.46. The molecule has 0 atom stereocenters. The van der Waals surface area contributed by atoms with Crippen LogP contribution in [-0.4, -0.2) is 27.0 Å². The molecule has 0 saturated carbocycles. The molecule has 0 radical (unpaired) electrons. The van der Waals surface area contributed by atoms with Crippen LogP contribution in [0, 0.1) is 11.3 Å². The molecule has 0 saturated heterocycles. The molecule has 0 fully saturated rings. The highest BCUT2D eigenvalue weighted by atomic mass is 32.2. The van der Waals surface area contributed by atoms with E-state index < -0.39 is 0 Å². The molecule has 1 N–H and O–H groups in total. The first-order valence-corrected chi connectivity index (χ1v) is 8.57. The summed E-state index contributed by atoms with van der Waals surface area (Å²) in [6.07, 6.45) is 2.09. The van der Waals surface area contributed by atoms with Gasteiger partial charge in [0.15, 0.2) is 11.5 Å². The van der Waals surface area contributed by atoms with Crippen molar-refractivity contribution < 1.29 is 9.47 Å². The van der Waals surface area contributed by atoms with Gasteiger partial charge in [0.25, 0.3) is 0 Å². The van der Waals surface area contributed by atoms with Gasteiger partial charge in [-0.1, -0.05) is 27.7 Å². The average molecular weight is 311 g/mol. The largest absolute Gasteiger partial charge is 0.493 e. The van der Waals surface area contributed by atoms with Gasteiger partial charge in [0, 0.05) is 18.0 Å². The van der Waals surface area contributed by atoms with E-state index in [0.717, 1.165) is 24.6 Å². The van der Waals surface area contributed by atoms with E-state index in [4.69, 9.17) is 9.47 Å². The molecule has 0 aliphatic heterocycles.